The first-order valence-corrected chi connectivity index (χ1v) is 7.42. The molecule has 128 valence electrons. The summed E-state index contributed by atoms with van der Waals surface area (Å²) in [6.07, 6.45) is -0.833. The first kappa shape index (κ1) is 17.6. The molecule has 1 amide bonds. The van der Waals surface area contributed by atoms with Crippen LogP contribution in [0, 0.1) is 0 Å². The highest BCUT2D eigenvalue weighted by Crippen LogP contribution is 2.28. The summed E-state index contributed by atoms with van der Waals surface area (Å²) in [5.74, 6) is 1.14. The minimum absolute atomic E-state index is 0.0619. The van der Waals surface area contributed by atoms with Crippen molar-refractivity contribution in [3.63, 3.8) is 0 Å². The molecular formula is C18H21NO5. The van der Waals surface area contributed by atoms with E-state index >= 15 is 0 Å². The Bertz CT molecular complexity index is 662. The number of carbonyl (C=O) groups excluding carboxylic acids is 1. The van der Waals surface area contributed by atoms with Crippen LogP contribution in [0.3, 0.4) is 0 Å². The van der Waals surface area contributed by atoms with Gasteiger partial charge in [0, 0.05) is 6.54 Å². The Kier molecular flexibility index (Phi) is 6.03. The second-order valence-electron chi connectivity index (χ2n) is 5.04. The minimum Gasteiger partial charge on any atom is -0.497 e. The predicted molar refractivity (Wildman–Crippen MR) is 89.8 cm³/mol. The van der Waals surface area contributed by atoms with Crippen molar-refractivity contribution in [2.24, 2.45) is 0 Å². The minimum atomic E-state index is -0.833. The van der Waals surface area contributed by atoms with E-state index in [2.05, 4.69) is 5.32 Å². The fraction of sp³-hybridized carbons (Fsp3) is 0.278. The number of carbonyl (C=O) groups is 1. The van der Waals surface area contributed by atoms with Crippen LogP contribution in [0.4, 0.5) is 0 Å². The molecule has 0 aliphatic rings. The Hall–Kier alpha value is -2.73. The molecule has 24 heavy (non-hydrogen) atoms. The van der Waals surface area contributed by atoms with Crippen LogP contribution in [0.1, 0.15) is 22.0 Å². The van der Waals surface area contributed by atoms with Gasteiger partial charge in [-0.2, -0.15) is 0 Å². The third kappa shape index (κ3) is 3.97. The lowest BCUT2D eigenvalue weighted by molar-refractivity contribution is 0.0910. The fourth-order valence-corrected chi connectivity index (χ4v) is 2.30. The summed E-state index contributed by atoms with van der Waals surface area (Å²) in [5, 5.41) is 12.9. The summed E-state index contributed by atoms with van der Waals surface area (Å²) >= 11 is 0. The van der Waals surface area contributed by atoms with E-state index in [1.165, 1.54) is 14.2 Å². The van der Waals surface area contributed by atoms with Crippen LogP contribution in [0.25, 0.3) is 0 Å². The molecule has 0 aliphatic heterocycles. The van der Waals surface area contributed by atoms with E-state index < -0.39 is 6.10 Å². The second kappa shape index (κ2) is 8.21. The van der Waals surface area contributed by atoms with Gasteiger partial charge in [-0.05, 0) is 29.8 Å². The molecule has 0 spiro atoms. The van der Waals surface area contributed by atoms with Crippen molar-refractivity contribution in [3.05, 3.63) is 53.6 Å². The standard InChI is InChI=1S/C18H21NO5/c1-22-13-9-7-12(8-10-13)14(20)11-19-18(21)17-15(23-2)5-4-6-16(17)24-3/h4-10,14,20H,11H2,1-3H3,(H,19,21). The van der Waals surface area contributed by atoms with Gasteiger partial charge >= 0.3 is 0 Å². The number of hydrogen-bond donors (Lipinski definition) is 2. The van der Waals surface area contributed by atoms with E-state index in [1.54, 1.807) is 49.6 Å². The van der Waals surface area contributed by atoms with E-state index in [1.807, 2.05) is 0 Å². The highest BCUT2D eigenvalue weighted by molar-refractivity contribution is 5.99. The van der Waals surface area contributed by atoms with Crippen LogP contribution in [0.15, 0.2) is 42.5 Å². The number of ether oxygens (including phenoxy) is 3. The summed E-state index contributed by atoms with van der Waals surface area (Å²) < 4.78 is 15.5. The summed E-state index contributed by atoms with van der Waals surface area (Å²) in [6, 6.07) is 12.1. The lowest BCUT2D eigenvalue weighted by Gasteiger charge is -2.15. The quantitative estimate of drug-likeness (QED) is 0.813. The zero-order chi connectivity index (χ0) is 17.5. The van der Waals surface area contributed by atoms with Crippen molar-refractivity contribution in [2.45, 2.75) is 6.10 Å². The van der Waals surface area contributed by atoms with Crippen LogP contribution >= 0.6 is 0 Å². The number of aliphatic hydroxyl groups is 1. The topological polar surface area (TPSA) is 77.0 Å². The second-order valence-corrected chi connectivity index (χ2v) is 5.04. The van der Waals surface area contributed by atoms with Gasteiger partial charge in [0.25, 0.3) is 5.91 Å². The highest BCUT2D eigenvalue weighted by Gasteiger charge is 2.19. The molecule has 0 heterocycles. The maximum atomic E-state index is 12.4. The van der Waals surface area contributed by atoms with E-state index in [-0.39, 0.29) is 12.5 Å². The molecule has 0 radical (unpaired) electrons. The molecule has 2 aromatic carbocycles. The van der Waals surface area contributed by atoms with E-state index in [0.717, 1.165) is 0 Å². The molecule has 6 heteroatoms. The van der Waals surface area contributed by atoms with Crippen LogP contribution in [0.5, 0.6) is 17.2 Å². The molecule has 0 aromatic heterocycles. The summed E-state index contributed by atoms with van der Waals surface area (Å²) in [7, 11) is 4.54. The third-order valence-electron chi connectivity index (χ3n) is 3.61. The van der Waals surface area contributed by atoms with Gasteiger partial charge in [-0.1, -0.05) is 18.2 Å². The van der Waals surface area contributed by atoms with Gasteiger partial charge in [0.1, 0.15) is 22.8 Å². The molecule has 0 bridgehead atoms. The Labute approximate surface area is 141 Å². The number of rotatable bonds is 7. The lowest BCUT2D eigenvalue weighted by Crippen LogP contribution is -2.29. The Morgan fingerprint density at radius 1 is 1.00 bits per heavy atom. The summed E-state index contributed by atoms with van der Waals surface area (Å²) in [6.45, 7) is 0.0619. The fourth-order valence-electron chi connectivity index (χ4n) is 2.30. The van der Waals surface area contributed by atoms with Gasteiger partial charge in [0.05, 0.1) is 27.4 Å². The first-order valence-electron chi connectivity index (χ1n) is 7.42. The lowest BCUT2D eigenvalue weighted by atomic mass is 10.1. The van der Waals surface area contributed by atoms with Gasteiger partial charge in [-0.3, -0.25) is 4.79 Å². The maximum absolute atomic E-state index is 12.4. The number of methoxy groups -OCH3 is 3. The van der Waals surface area contributed by atoms with Crippen LogP contribution in [-0.4, -0.2) is 38.9 Å². The molecule has 2 aromatic rings. The van der Waals surface area contributed by atoms with E-state index in [9.17, 15) is 9.90 Å². The van der Waals surface area contributed by atoms with E-state index in [4.69, 9.17) is 14.2 Å². The smallest absolute Gasteiger partial charge is 0.258 e. The maximum Gasteiger partial charge on any atom is 0.258 e. The zero-order valence-electron chi connectivity index (χ0n) is 13.9. The normalized spacial score (nSPS) is 11.5. The molecule has 2 N–H and O–H groups in total. The monoisotopic (exact) mass is 331 g/mol. The summed E-state index contributed by atoms with van der Waals surface area (Å²) in [5.41, 5.74) is 0.979. The van der Waals surface area contributed by atoms with Gasteiger partial charge < -0.3 is 24.6 Å². The zero-order valence-corrected chi connectivity index (χ0v) is 13.9. The van der Waals surface area contributed by atoms with Crippen molar-refractivity contribution >= 4 is 5.91 Å². The Balaban J connectivity index is 2.07. The Morgan fingerprint density at radius 2 is 1.58 bits per heavy atom. The molecule has 2 rings (SSSR count). The largest absolute Gasteiger partial charge is 0.497 e. The molecular weight excluding hydrogens is 310 g/mol. The molecule has 0 saturated heterocycles. The van der Waals surface area contributed by atoms with E-state index in [0.29, 0.717) is 28.4 Å². The number of hydrogen-bond acceptors (Lipinski definition) is 5. The Morgan fingerprint density at radius 3 is 2.08 bits per heavy atom. The summed E-state index contributed by atoms with van der Waals surface area (Å²) in [4.78, 5) is 12.4. The molecule has 0 aliphatic carbocycles. The van der Waals surface area contributed by atoms with Crippen molar-refractivity contribution in [1.82, 2.24) is 5.32 Å². The molecule has 1 unspecified atom stereocenters. The van der Waals surface area contributed by atoms with Gasteiger partial charge in [0.15, 0.2) is 0 Å². The number of nitrogens with one attached hydrogen (secondary N) is 1. The molecule has 0 fully saturated rings. The van der Waals surface area contributed by atoms with Crippen LogP contribution in [-0.2, 0) is 0 Å². The highest BCUT2D eigenvalue weighted by atomic mass is 16.5. The SMILES string of the molecule is COc1ccc(C(O)CNC(=O)c2c(OC)cccc2OC)cc1. The van der Waals surface area contributed by atoms with Gasteiger partial charge in [-0.15, -0.1) is 0 Å². The van der Waals surface area contributed by atoms with Gasteiger partial charge in [0.2, 0.25) is 0 Å². The third-order valence-corrected chi connectivity index (χ3v) is 3.61. The van der Waals surface area contributed by atoms with Crippen molar-refractivity contribution in [2.75, 3.05) is 27.9 Å². The molecule has 1 atom stereocenters. The molecule has 0 saturated carbocycles. The molecule has 6 nitrogen and oxygen atoms in total. The van der Waals surface area contributed by atoms with Crippen LogP contribution < -0.4 is 19.5 Å². The number of amides is 1. The van der Waals surface area contributed by atoms with Crippen molar-refractivity contribution < 1.29 is 24.1 Å². The van der Waals surface area contributed by atoms with Gasteiger partial charge in [-0.25, -0.2) is 0 Å². The predicted octanol–water partition coefficient (Wildman–Crippen LogP) is 2.18. The van der Waals surface area contributed by atoms with Crippen molar-refractivity contribution in [1.29, 1.82) is 0 Å². The number of benzene rings is 2. The average Bonchev–Trinajstić information content (AvgIpc) is 2.65. The average molecular weight is 331 g/mol. The number of aliphatic hydroxyl groups excluding tert-OH is 1. The first-order chi connectivity index (χ1) is 11.6. The van der Waals surface area contributed by atoms with Crippen LogP contribution in [0.2, 0.25) is 0 Å². The van der Waals surface area contributed by atoms with Crippen molar-refractivity contribution in [3.8, 4) is 17.2 Å².